The third-order valence-corrected chi connectivity index (χ3v) is 2.82. The minimum absolute atomic E-state index is 0.698. The van der Waals surface area contributed by atoms with E-state index in [1.165, 1.54) is 24.3 Å². The minimum Gasteiger partial charge on any atom is -0.315 e. The Kier molecular flexibility index (Phi) is 8.64. The van der Waals surface area contributed by atoms with E-state index < -0.39 is 0 Å². The quantitative estimate of drug-likeness (QED) is 0.597. The maximum Gasteiger partial charge on any atom is 0.00464 e. The number of thioether (sulfide) groups is 1. The monoisotopic (exact) mass is 175 g/mol. The molecule has 0 radical (unpaired) electrons. The van der Waals surface area contributed by atoms with Gasteiger partial charge in [-0.3, -0.25) is 0 Å². The first-order valence-corrected chi connectivity index (χ1v) is 5.77. The van der Waals surface area contributed by atoms with Crippen LogP contribution in [0.3, 0.4) is 0 Å². The number of rotatable bonds is 7. The molecule has 1 N–H and O–H groups in total. The highest BCUT2D eigenvalue weighted by atomic mass is 32.2. The minimum atomic E-state index is 0.698. The van der Waals surface area contributed by atoms with Gasteiger partial charge in [0.1, 0.15) is 0 Å². The molecule has 68 valence electrons. The van der Waals surface area contributed by atoms with Gasteiger partial charge in [-0.2, -0.15) is 11.8 Å². The molecule has 0 rings (SSSR count). The zero-order chi connectivity index (χ0) is 8.53. The molecule has 1 nitrogen and oxygen atoms in total. The number of hydrogen-bond donors (Lipinski definition) is 1. The molecule has 0 aromatic heterocycles. The highest BCUT2D eigenvalue weighted by Crippen LogP contribution is 2.05. The van der Waals surface area contributed by atoms with Crippen molar-refractivity contribution in [3.63, 3.8) is 0 Å². The molecular formula is C9H21NS. The van der Waals surface area contributed by atoms with E-state index in [2.05, 4.69) is 37.8 Å². The van der Waals surface area contributed by atoms with E-state index >= 15 is 0 Å². The summed E-state index contributed by atoms with van der Waals surface area (Å²) in [5, 5.41) is 3.41. The first-order chi connectivity index (χ1) is 5.31. The van der Waals surface area contributed by atoms with Gasteiger partial charge in [-0.15, -0.1) is 0 Å². The first kappa shape index (κ1) is 11.3. The Morgan fingerprint density at radius 3 is 2.55 bits per heavy atom. The molecular weight excluding hydrogens is 154 g/mol. The van der Waals surface area contributed by atoms with Crippen molar-refractivity contribution < 1.29 is 0 Å². The smallest absolute Gasteiger partial charge is 0.00464 e. The Morgan fingerprint density at radius 2 is 2.00 bits per heavy atom. The van der Waals surface area contributed by atoms with Crippen molar-refractivity contribution >= 4 is 11.8 Å². The van der Waals surface area contributed by atoms with Crippen LogP contribution < -0.4 is 5.32 Å². The molecule has 0 amide bonds. The largest absolute Gasteiger partial charge is 0.315 e. The van der Waals surface area contributed by atoms with Gasteiger partial charge in [-0.05, 0) is 37.8 Å². The maximum absolute atomic E-state index is 3.41. The second kappa shape index (κ2) is 8.41. The lowest BCUT2D eigenvalue weighted by atomic mass is 10.3. The van der Waals surface area contributed by atoms with Crippen LogP contribution in [0.4, 0.5) is 0 Å². The second-order valence-corrected chi connectivity index (χ2v) is 4.08. The van der Waals surface area contributed by atoms with Crippen LogP contribution in [0.5, 0.6) is 0 Å². The second-order valence-electron chi connectivity index (χ2n) is 2.86. The maximum atomic E-state index is 3.41. The molecule has 0 fully saturated rings. The van der Waals surface area contributed by atoms with Crippen LogP contribution in [-0.4, -0.2) is 24.1 Å². The van der Waals surface area contributed by atoms with E-state index in [9.17, 15) is 0 Å². The van der Waals surface area contributed by atoms with Crippen molar-refractivity contribution in [2.24, 2.45) is 0 Å². The van der Waals surface area contributed by atoms with E-state index in [1.807, 2.05) is 0 Å². The third kappa shape index (κ3) is 8.21. The summed E-state index contributed by atoms with van der Waals surface area (Å²) in [5.41, 5.74) is 0. The van der Waals surface area contributed by atoms with Crippen molar-refractivity contribution in [1.29, 1.82) is 0 Å². The Morgan fingerprint density at radius 1 is 1.27 bits per heavy atom. The first-order valence-electron chi connectivity index (χ1n) is 4.62. The van der Waals surface area contributed by atoms with Crippen LogP contribution >= 0.6 is 11.8 Å². The van der Waals surface area contributed by atoms with Crippen LogP contribution in [0.25, 0.3) is 0 Å². The van der Waals surface area contributed by atoms with Gasteiger partial charge in [-0.25, -0.2) is 0 Å². The van der Waals surface area contributed by atoms with Gasteiger partial charge < -0.3 is 5.32 Å². The van der Waals surface area contributed by atoms with Gasteiger partial charge in [0.25, 0.3) is 0 Å². The van der Waals surface area contributed by atoms with Crippen molar-refractivity contribution in [1.82, 2.24) is 5.32 Å². The molecule has 0 bridgehead atoms. The summed E-state index contributed by atoms with van der Waals surface area (Å²) in [7, 11) is 0. The molecule has 2 heteroatoms. The lowest BCUT2D eigenvalue weighted by molar-refractivity contribution is 0.556. The van der Waals surface area contributed by atoms with Gasteiger partial charge >= 0.3 is 0 Å². The van der Waals surface area contributed by atoms with Gasteiger partial charge in [0.15, 0.2) is 0 Å². The van der Waals surface area contributed by atoms with E-state index in [-0.39, 0.29) is 0 Å². The molecule has 1 unspecified atom stereocenters. The lowest BCUT2D eigenvalue weighted by Gasteiger charge is -2.10. The van der Waals surface area contributed by atoms with Crippen LogP contribution in [0.1, 0.15) is 33.6 Å². The molecule has 0 saturated heterocycles. The summed E-state index contributed by atoms with van der Waals surface area (Å²) in [6.07, 6.45) is 2.61. The third-order valence-electron chi connectivity index (χ3n) is 1.60. The molecule has 0 aromatic rings. The highest BCUT2D eigenvalue weighted by Gasteiger charge is 1.97. The molecule has 0 heterocycles. The van der Waals surface area contributed by atoms with Crippen molar-refractivity contribution in [2.45, 2.75) is 39.7 Å². The predicted octanol–water partition coefficient (Wildman–Crippen LogP) is 2.52. The van der Waals surface area contributed by atoms with Crippen molar-refractivity contribution in [2.75, 3.05) is 18.1 Å². The fourth-order valence-corrected chi connectivity index (χ4v) is 1.97. The van der Waals surface area contributed by atoms with E-state index in [4.69, 9.17) is 0 Å². The molecule has 0 spiro atoms. The SMILES string of the molecule is CCCSCCC(C)NCC. The molecule has 0 aliphatic heterocycles. The highest BCUT2D eigenvalue weighted by molar-refractivity contribution is 7.99. The summed E-state index contributed by atoms with van der Waals surface area (Å²) in [4.78, 5) is 0. The number of hydrogen-bond acceptors (Lipinski definition) is 2. The summed E-state index contributed by atoms with van der Waals surface area (Å²) < 4.78 is 0. The zero-order valence-electron chi connectivity index (χ0n) is 8.02. The molecule has 11 heavy (non-hydrogen) atoms. The fraction of sp³-hybridized carbons (Fsp3) is 1.00. The zero-order valence-corrected chi connectivity index (χ0v) is 8.84. The Balaban J connectivity index is 2.97. The topological polar surface area (TPSA) is 12.0 Å². The summed E-state index contributed by atoms with van der Waals surface area (Å²) in [5.74, 6) is 2.63. The van der Waals surface area contributed by atoms with Gasteiger partial charge in [0.2, 0.25) is 0 Å². The Hall–Kier alpha value is 0.310. The van der Waals surface area contributed by atoms with E-state index in [1.54, 1.807) is 0 Å². The van der Waals surface area contributed by atoms with Crippen LogP contribution in [0.15, 0.2) is 0 Å². The molecule has 0 aromatic carbocycles. The van der Waals surface area contributed by atoms with Gasteiger partial charge in [-0.1, -0.05) is 13.8 Å². The summed E-state index contributed by atoms with van der Waals surface area (Å²) in [6.45, 7) is 7.76. The molecule has 0 aliphatic carbocycles. The van der Waals surface area contributed by atoms with Crippen molar-refractivity contribution in [3.8, 4) is 0 Å². The average Bonchev–Trinajstić information content (AvgIpc) is 1.99. The molecule has 1 atom stereocenters. The van der Waals surface area contributed by atoms with E-state index in [0.29, 0.717) is 6.04 Å². The fourth-order valence-electron chi connectivity index (χ4n) is 0.957. The standard InChI is InChI=1S/C9H21NS/c1-4-7-11-8-6-9(3)10-5-2/h9-10H,4-8H2,1-3H3. The predicted molar refractivity (Wildman–Crippen MR) is 55.4 cm³/mol. The normalized spacial score (nSPS) is 13.4. The lowest BCUT2D eigenvalue weighted by Crippen LogP contribution is -2.25. The van der Waals surface area contributed by atoms with Crippen LogP contribution in [0.2, 0.25) is 0 Å². The molecule has 0 saturated carbocycles. The van der Waals surface area contributed by atoms with Gasteiger partial charge in [0, 0.05) is 6.04 Å². The molecule has 0 aliphatic rings. The van der Waals surface area contributed by atoms with Gasteiger partial charge in [0.05, 0.1) is 0 Å². The van der Waals surface area contributed by atoms with Crippen LogP contribution in [-0.2, 0) is 0 Å². The van der Waals surface area contributed by atoms with Crippen LogP contribution in [0, 0.1) is 0 Å². The van der Waals surface area contributed by atoms with E-state index in [0.717, 1.165) is 6.54 Å². The van der Waals surface area contributed by atoms with Crippen molar-refractivity contribution in [3.05, 3.63) is 0 Å². The Labute approximate surface area is 75.3 Å². The Bertz CT molecular complexity index is 76.0. The summed E-state index contributed by atoms with van der Waals surface area (Å²) in [6, 6.07) is 0.698. The average molecular weight is 175 g/mol. The number of nitrogens with one attached hydrogen (secondary N) is 1. The summed E-state index contributed by atoms with van der Waals surface area (Å²) >= 11 is 2.07.